The second-order valence-corrected chi connectivity index (χ2v) is 5.74. The molecule has 18 heavy (non-hydrogen) atoms. The monoisotopic (exact) mass is 257 g/mol. The third-order valence-corrected chi connectivity index (χ3v) is 4.35. The molecule has 1 heterocycles. The summed E-state index contributed by atoms with van der Waals surface area (Å²) in [5.74, 6) is 0.786. The van der Waals surface area contributed by atoms with Crippen LogP contribution in [-0.4, -0.2) is 11.9 Å². The van der Waals surface area contributed by atoms with Gasteiger partial charge in [0.1, 0.15) is 12.4 Å². The highest BCUT2D eigenvalue weighted by Gasteiger charge is 2.22. The molecule has 0 bridgehead atoms. The Hall–Kier alpha value is -1.61. The fourth-order valence-corrected chi connectivity index (χ4v) is 3.36. The van der Waals surface area contributed by atoms with Crippen molar-refractivity contribution in [3.05, 3.63) is 54.1 Å². The molecule has 0 spiro atoms. The molecule has 2 aromatic carbocycles. The molecular weight excluding hydrogens is 242 g/mol. The number of ether oxygens (including phenoxy) is 1. The highest BCUT2D eigenvalue weighted by molar-refractivity contribution is 8.00. The Balaban J connectivity index is 1.62. The van der Waals surface area contributed by atoms with E-state index < -0.39 is 0 Å². The van der Waals surface area contributed by atoms with Gasteiger partial charge in [0.15, 0.2) is 0 Å². The molecule has 1 atom stereocenters. The van der Waals surface area contributed by atoms with Crippen molar-refractivity contribution in [2.75, 3.05) is 12.3 Å². The largest absolute Gasteiger partial charge is 0.490 e. The first-order chi connectivity index (χ1) is 8.83. The zero-order chi connectivity index (χ0) is 12.4. The lowest BCUT2D eigenvalue weighted by molar-refractivity contribution is 0.319. The van der Waals surface area contributed by atoms with Crippen molar-refractivity contribution in [3.63, 3.8) is 0 Å². The lowest BCUT2D eigenvalue weighted by Crippen LogP contribution is -2.14. The number of nitrogen functional groups attached to an aromatic ring is 1. The van der Waals surface area contributed by atoms with Crippen LogP contribution < -0.4 is 10.5 Å². The SMILES string of the molecule is Nc1ccccc1OCC1Cc2ccccc2S1. The minimum Gasteiger partial charge on any atom is -0.490 e. The number of hydrogen-bond acceptors (Lipinski definition) is 3. The first-order valence-corrected chi connectivity index (χ1v) is 6.93. The standard InChI is InChI=1S/C15H15NOS/c16-13-6-2-3-7-14(13)17-10-12-9-11-5-1-4-8-15(11)18-12/h1-8,12H,9-10,16H2. The molecule has 0 saturated carbocycles. The first kappa shape index (κ1) is 11.5. The molecule has 0 fully saturated rings. The van der Waals surface area contributed by atoms with Crippen molar-refractivity contribution in [1.82, 2.24) is 0 Å². The van der Waals surface area contributed by atoms with Crippen molar-refractivity contribution in [2.24, 2.45) is 0 Å². The fraction of sp³-hybridized carbons (Fsp3) is 0.200. The molecule has 1 aliphatic rings. The molecule has 92 valence electrons. The Bertz CT molecular complexity index is 531. The molecule has 3 heteroatoms. The lowest BCUT2D eigenvalue weighted by atomic mass is 10.1. The lowest BCUT2D eigenvalue weighted by Gasteiger charge is -2.12. The van der Waals surface area contributed by atoms with Gasteiger partial charge < -0.3 is 10.5 Å². The van der Waals surface area contributed by atoms with E-state index >= 15 is 0 Å². The van der Waals surface area contributed by atoms with E-state index in [2.05, 4.69) is 24.3 Å². The number of rotatable bonds is 3. The highest BCUT2D eigenvalue weighted by atomic mass is 32.2. The van der Waals surface area contributed by atoms with Gasteiger partial charge in [0.2, 0.25) is 0 Å². The van der Waals surface area contributed by atoms with Gasteiger partial charge in [-0.2, -0.15) is 0 Å². The van der Waals surface area contributed by atoms with Crippen molar-refractivity contribution in [2.45, 2.75) is 16.6 Å². The average molecular weight is 257 g/mol. The van der Waals surface area contributed by atoms with Gasteiger partial charge in [-0.05, 0) is 30.2 Å². The number of nitrogens with two attached hydrogens (primary N) is 1. The summed E-state index contributed by atoms with van der Waals surface area (Å²) in [6, 6.07) is 16.2. The number of benzene rings is 2. The van der Waals surface area contributed by atoms with E-state index in [0.717, 1.165) is 12.2 Å². The summed E-state index contributed by atoms with van der Waals surface area (Å²) in [5, 5.41) is 0.488. The minimum atomic E-state index is 0.488. The van der Waals surface area contributed by atoms with Crippen LogP contribution in [-0.2, 0) is 6.42 Å². The molecule has 0 amide bonds. The van der Waals surface area contributed by atoms with Crippen LogP contribution in [0.15, 0.2) is 53.4 Å². The van der Waals surface area contributed by atoms with E-state index in [1.807, 2.05) is 36.0 Å². The van der Waals surface area contributed by atoms with Gasteiger partial charge in [-0.15, -0.1) is 11.8 Å². The van der Waals surface area contributed by atoms with Gasteiger partial charge in [-0.1, -0.05) is 30.3 Å². The minimum absolute atomic E-state index is 0.488. The van der Waals surface area contributed by atoms with Gasteiger partial charge in [0.25, 0.3) is 0 Å². The van der Waals surface area contributed by atoms with Crippen LogP contribution in [0, 0.1) is 0 Å². The first-order valence-electron chi connectivity index (χ1n) is 6.05. The molecule has 1 unspecified atom stereocenters. The molecule has 0 aliphatic carbocycles. The van der Waals surface area contributed by atoms with Gasteiger partial charge in [-0.25, -0.2) is 0 Å². The molecule has 2 aromatic rings. The summed E-state index contributed by atoms with van der Waals surface area (Å²) >= 11 is 1.90. The Morgan fingerprint density at radius 1 is 1.11 bits per heavy atom. The predicted molar refractivity (Wildman–Crippen MR) is 76.1 cm³/mol. The summed E-state index contributed by atoms with van der Waals surface area (Å²) in [7, 11) is 0. The zero-order valence-corrected chi connectivity index (χ0v) is 10.8. The molecular formula is C15H15NOS. The molecule has 0 radical (unpaired) electrons. The molecule has 2 nitrogen and oxygen atoms in total. The van der Waals surface area contributed by atoms with Crippen LogP contribution in [0.1, 0.15) is 5.56 Å². The van der Waals surface area contributed by atoms with Crippen LogP contribution in [0.3, 0.4) is 0 Å². The van der Waals surface area contributed by atoms with Crippen molar-refractivity contribution in [1.29, 1.82) is 0 Å². The topological polar surface area (TPSA) is 35.2 Å². The fourth-order valence-electron chi connectivity index (χ4n) is 2.14. The third-order valence-electron chi connectivity index (χ3n) is 3.06. The van der Waals surface area contributed by atoms with Gasteiger partial charge in [0, 0.05) is 10.1 Å². The van der Waals surface area contributed by atoms with Crippen molar-refractivity contribution < 1.29 is 4.74 Å². The maximum atomic E-state index is 5.86. The second-order valence-electron chi connectivity index (χ2n) is 4.40. The normalized spacial score (nSPS) is 17.4. The van der Waals surface area contributed by atoms with Gasteiger partial charge in [0.05, 0.1) is 5.69 Å². The molecule has 1 aliphatic heterocycles. The Kier molecular flexibility index (Phi) is 3.15. The second kappa shape index (κ2) is 4.94. The molecule has 0 saturated heterocycles. The molecule has 0 aromatic heterocycles. The number of hydrogen-bond donors (Lipinski definition) is 1. The van der Waals surface area contributed by atoms with Gasteiger partial charge in [-0.3, -0.25) is 0 Å². The van der Waals surface area contributed by atoms with Crippen LogP contribution in [0.4, 0.5) is 5.69 Å². The summed E-state index contributed by atoms with van der Waals surface area (Å²) in [5.41, 5.74) is 7.99. The quantitative estimate of drug-likeness (QED) is 0.856. The zero-order valence-electron chi connectivity index (χ0n) is 10.0. The highest BCUT2D eigenvalue weighted by Crippen LogP contribution is 2.37. The third kappa shape index (κ3) is 2.31. The number of para-hydroxylation sites is 2. The van der Waals surface area contributed by atoms with Crippen molar-refractivity contribution in [3.8, 4) is 5.75 Å². The van der Waals surface area contributed by atoms with Crippen LogP contribution >= 0.6 is 11.8 Å². The van der Waals surface area contributed by atoms with Crippen LogP contribution in [0.5, 0.6) is 5.75 Å². The van der Waals surface area contributed by atoms with E-state index in [-0.39, 0.29) is 0 Å². The number of fused-ring (bicyclic) bond motifs is 1. The molecule has 2 N–H and O–H groups in total. The number of thioether (sulfide) groups is 1. The Labute approximate surface area is 111 Å². The Morgan fingerprint density at radius 3 is 2.72 bits per heavy atom. The maximum absolute atomic E-state index is 5.86. The summed E-state index contributed by atoms with van der Waals surface area (Å²) < 4.78 is 5.81. The van der Waals surface area contributed by atoms with E-state index in [1.165, 1.54) is 10.5 Å². The van der Waals surface area contributed by atoms with Crippen molar-refractivity contribution >= 4 is 17.4 Å². The van der Waals surface area contributed by atoms with Crippen LogP contribution in [0.25, 0.3) is 0 Å². The summed E-state index contributed by atoms with van der Waals surface area (Å²) in [6.07, 6.45) is 1.08. The van der Waals surface area contributed by atoms with Crippen LogP contribution in [0.2, 0.25) is 0 Å². The predicted octanol–water partition coefficient (Wildman–Crippen LogP) is 3.36. The van der Waals surface area contributed by atoms with E-state index in [0.29, 0.717) is 17.5 Å². The average Bonchev–Trinajstić information content (AvgIpc) is 2.80. The van der Waals surface area contributed by atoms with Gasteiger partial charge >= 0.3 is 0 Å². The van der Waals surface area contributed by atoms with E-state index in [9.17, 15) is 0 Å². The number of anilines is 1. The van der Waals surface area contributed by atoms with E-state index in [4.69, 9.17) is 10.5 Å². The van der Waals surface area contributed by atoms with E-state index in [1.54, 1.807) is 0 Å². The summed E-state index contributed by atoms with van der Waals surface area (Å²) in [6.45, 7) is 0.702. The molecule has 3 rings (SSSR count). The summed E-state index contributed by atoms with van der Waals surface area (Å²) in [4.78, 5) is 1.38. The maximum Gasteiger partial charge on any atom is 0.142 e. The Morgan fingerprint density at radius 2 is 1.89 bits per heavy atom. The smallest absolute Gasteiger partial charge is 0.142 e.